The van der Waals surface area contributed by atoms with Gasteiger partial charge in [-0.05, 0) is 49.1 Å². The molecule has 0 aliphatic heterocycles. The molecular formula is C20H20F2N2O3. The first-order valence-corrected chi connectivity index (χ1v) is 8.75. The molecule has 2 amide bonds. The Labute approximate surface area is 155 Å². The number of amides is 2. The molecule has 0 heterocycles. The average molecular weight is 374 g/mol. The summed E-state index contributed by atoms with van der Waals surface area (Å²) in [6.07, 6.45) is 2.61. The molecule has 0 saturated heterocycles. The third kappa shape index (κ3) is 6.06. The van der Waals surface area contributed by atoms with Crippen LogP contribution >= 0.6 is 0 Å². The molecule has 0 atom stereocenters. The Balaban J connectivity index is 1.41. The maximum atomic E-state index is 13.1. The first kappa shape index (κ1) is 18.8. The topological polar surface area (TPSA) is 67.4 Å². The number of carbonyl (C=O) groups is 2. The van der Waals surface area contributed by atoms with Crippen molar-refractivity contribution in [1.29, 1.82) is 0 Å². The van der Waals surface area contributed by atoms with Crippen molar-refractivity contribution in [2.75, 3.05) is 13.2 Å². The van der Waals surface area contributed by atoms with Crippen molar-refractivity contribution in [1.82, 2.24) is 10.6 Å². The van der Waals surface area contributed by atoms with Crippen molar-refractivity contribution in [3.05, 3.63) is 65.2 Å². The van der Waals surface area contributed by atoms with Gasteiger partial charge in [-0.1, -0.05) is 12.1 Å². The van der Waals surface area contributed by atoms with Crippen molar-refractivity contribution in [3.8, 4) is 5.75 Å². The first-order valence-electron chi connectivity index (χ1n) is 8.75. The molecule has 1 saturated carbocycles. The lowest BCUT2D eigenvalue weighted by Gasteiger charge is -2.08. The molecule has 1 aliphatic carbocycles. The number of halogens is 2. The summed E-state index contributed by atoms with van der Waals surface area (Å²) in [6, 6.07) is 10.2. The van der Waals surface area contributed by atoms with Gasteiger partial charge in [0.25, 0.3) is 11.8 Å². The molecule has 2 aromatic carbocycles. The van der Waals surface area contributed by atoms with Gasteiger partial charge < -0.3 is 15.4 Å². The van der Waals surface area contributed by atoms with Crippen LogP contribution in [0.5, 0.6) is 5.75 Å². The van der Waals surface area contributed by atoms with Crippen LogP contribution in [0.4, 0.5) is 8.78 Å². The SMILES string of the molecule is O=C(COc1ccc(CCNC(=O)c2cc(F)cc(F)c2)cc1)NC1CC1. The van der Waals surface area contributed by atoms with Crippen LogP contribution in [0, 0.1) is 11.6 Å². The molecule has 1 fully saturated rings. The fourth-order valence-electron chi connectivity index (χ4n) is 2.51. The normalized spacial score (nSPS) is 13.1. The van der Waals surface area contributed by atoms with Crippen LogP contribution in [0.3, 0.4) is 0 Å². The summed E-state index contributed by atoms with van der Waals surface area (Å²) in [4.78, 5) is 23.5. The molecule has 5 nitrogen and oxygen atoms in total. The van der Waals surface area contributed by atoms with Crippen LogP contribution in [-0.4, -0.2) is 31.0 Å². The highest BCUT2D eigenvalue weighted by molar-refractivity contribution is 5.94. The van der Waals surface area contributed by atoms with Gasteiger partial charge >= 0.3 is 0 Å². The fraction of sp³-hybridized carbons (Fsp3) is 0.300. The number of hydrogen-bond acceptors (Lipinski definition) is 3. The lowest BCUT2D eigenvalue weighted by molar-refractivity contribution is -0.123. The Morgan fingerprint density at radius 3 is 2.33 bits per heavy atom. The van der Waals surface area contributed by atoms with Crippen molar-refractivity contribution in [2.45, 2.75) is 25.3 Å². The highest BCUT2D eigenvalue weighted by atomic mass is 19.1. The van der Waals surface area contributed by atoms with Gasteiger partial charge in [0.15, 0.2) is 6.61 Å². The summed E-state index contributed by atoms with van der Waals surface area (Å²) >= 11 is 0. The fourth-order valence-corrected chi connectivity index (χ4v) is 2.51. The van der Waals surface area contributed by atoms with Crippen LogP contribution in [-0.2, 0) is 11.2 Å². The van der Waals surface area contributed by atoms with Gasteiger partial charge in [-0.3, -0.25) is 9.59 Å². The van der Waals surface area contributed by atoms with Crippen molar-refractivity contribution in [3.63, 3.8) is 0 Å². The zero-order valence-electron chi connectivity index (χ0n) is 14.6. The van der Waals surface area contributed by atoms with Crippen molar-refractivity contribution in [2.24, 2.45) is 0 Å². The van der Waals surface area contributed by atoms with Crippen LogP contribution < -0.4 is 15.4 Å². The zero-order chi connectivity index (χ0) is 19.2. The van der Waals surface area contributed by atoms with E-state index in [1.54, 1.807) is 12.1 Å². The molecule has 27 heavy (non-hydrogen) atoms. The zero-order valence-corrected chi connectivity index (χ0v) is 14.6. The molecule has 0 bridgehead atoms. The minimum Gasteiger partial charge on any atom is -0.484 e. The van der Waals surface area contributed by atoms with Gasteiger partial charge in [0.2, 0.25) is 0 Å². The number of ether oxygens (including phenoxy) is 1. The van der Waals surface area contributed by atoms with Gasteiger partial charge in [0, 0.05) is 24.2 Å². The maximum Gasteiger partial charge on any atom is 0.258 e. The van der Waals surface area contributed by atoms with Gasteiger partial charge in [-0.2, -0.15) is 0 Å². The lowest BCUT2D eigenvalue weighted by atomic mass is 10.1. The van der Waals surface area contributed by atoms with E-state index in [-0.39, 0.29) is 18.1 Å². The number of nitrogens with one attached hydrogen (secondary N) is 2. The average Bonchev–Trinajstić information content (AvgIpc) is 3.44. The van der Waals surface area contributed by atoms with Gasteiger partial charge in [0.1, 0.15) is 17.4 Å². The molecule has 7 heteroatoms. The third-order valence-electron chi connectivity index (χ3n) is 4.06. The predicted molar refractivity (Wildman–Crippen MR) is 95.5 cm³/mol. The summed E-state index contributed by atoms with van der Waals surface area (Å²) in [7, 11) is 0. The van der Waals surface area contributed by atoms with Crippen LogP contribution in [0.15, 0.2) is 42.5 Å². The Kier molecular flexibility index (Phi) is 6.01. The Morgan fingerprint density at radius 1 is 1.04 bits per heavy atom. The van der Waals surface area contributed by atoms with E-state index in [1.807, 2.05) is 12.1 Å². The quantitative estimate of drug-likeness (QED) is 0.746. The molecule has 142 valence electrons. The Hall–Kier alpha value is -2.96. The van der Waals surface area contributed by atoms with E-state index in [1.165, 1.54) is 0 Å². The number of benzene rings is 2. The Morgan fingerprint density at radius 2 is 1.70 bits per heavy atom. The van der Waals surface area contributed by atoms with Crippen LogP contribution in [0.1, 0.15) is 28.8 Å². The van der Waals surface area contributed by atoms with E-state index >= 15 is 0 Å². The van der Waals surface area contributed by atoms with Gasteiger partial charge in [0.05, 0.1) is 0 Å². The number of carbonyl (C=O) groups excluding carboxylic acids is 2. The molecule has 0 unspecified atom stereocenters. The number of hydrogen-bond donors (Lipinski definition) is 2. The van der Waals surface area contributed by atoms with Crippen LogP contribution in [0.2, 0.25) is 0 Å². The molecule has 3 rings (SSSR count). The van der Waals surface area contributed by atoms with E-state index < -0.39 is 17.5 Å². The largest absolute Gasteiger partial charge is 0.484 e. The molecule has 0 radical (unpaired) electrons. The van der Waals surface area contributed by atoms with E-state index in [2.05, 4.69) is 10.6 Å². The van der Waals surface area contributed by atoms with E-state index in [4.69, 9.17) is 4.74 Å². The standard InChI is InChI=1S/C20H20F2N2O3/c21-15-9-14(10-16(22)11-15)20(26)23-8-7-13-1-5-18(6-2-13)27-12-19(25)24-17-3-4-17/h1-2,5-6,9-11,17H,3-4,7-8,12H2,(H,23,26)(H,24,25). The molecule has 2 aromatic rings. The maximum absolute atomic E-state index is 13.1. The van der Waals surface area contributed by atoms with E-state index in [9.17, 15) is 18.4 Å². The third-order valence-corrected chi connectivity index (χ3v) is 4.06. The molecule has 2 N–H and O–H groups in total. The minimum atomic E-state index is -0.790. The minimum absolute atomic E-state index is 0.0178. The molecule has 0 aromatic heterocycles. The lowest BCUT2D eigenvalue weighted by Crippen LogP contribution is -2.30. The highest BCUT2D eigenvalue weighted by Crippen LogP contribution is 2.18. The summed E-state index contributed by atoms with van der Waals surface area (Å²) in [6.45, 7) is 0.303. The smallest absolute Gasteiger partial charge is 0.258 e. The van der Waals surface area contributed by atoms with E-state index in [0.29, 0.717) is 24.8 Å². The van der Waals surface area contributed by atoms with Gasteiger partial charge in [-0.15, -0.1) is 0 Å². The second-order valence-corrected chi connectivity index (χ2v) is 6.44. The van der Waals surface area contributed by atoms with Crippen molar-refractivity contribution < 1.29 is 23.1 Å². The van der Waals surface area contributed by atoms with Gasteiger partial charge in [-0.25, -0.2) is 8.78 Å². The monoisotopic (exact) mass is 374 g/mol. The predicted octanol–water partition coefficient (Wildman–Crippen LogP) is 2.59. The molecule has 0 spiro atoms. The number of rotatable bonds is 8. The van der Waals surface area contributed by atoms with E-state index in [0.717, 1.165) is 36.6 Å². The summed E-state index contributed by atoms with van der Waals surface area (Å²) < 4.78 is 31.7. The molecule has 1 aliphatic rings. The summed E-state index contributed by atoms with van der Waals surface area (Å²) in [5.74, 6) is -1.65. The highest BCUT2D eigenvalue weighted by Gasteiger charge is 2.23. The van der Waals surface area contributed by atoms with Crippen molar-refractivity contribution >= 4 is 11.8 Å². The molecular weight excluding hydrogens is 354 g/mol. The first-order chi connectivity index (χ1) is 13.0. The Bertz CT molecular complexity index is 800. The second kappa shape index (κ2) is 8.62. The second-order valence-electron chi connectivity index (χ2n) is 6.44. The summed E-state index contributed by atoms with van der Waals surface area (Å²) in [5.41, 5.74) is 0.899. The van der Waals surface area contributed by atoms with Crippen LogP contribution in [0.25, 0.3) is 0 Å². The summed E-state index contributed by atoms with van der Waals surface area (Å²) in [5, 5.41) is 5.47.